The van der Waals surface area contributed by atoms with E-state index in [0.717, 1.165) is 5.69 Å². The highest BCUT2D eigenvalue weighted by Crippen LogP contribution is 2.40. The predicted molar refractivity (Wildman–Crippen MR) is 107 cm³/mol. The third kappa shape index (κ3) is 4.89. The lowest BCUT2D eigenvalue weighted by molar-refractivity contribution is 0.0945. The van der Waals surface area contributed by atoms with Crippen LogP contribution < -0.4 is 24.8 Å². The first-order valence-electron chi connectivity index (χ1n) is 8.72. The molecule has 3 aromatic rings. The summed E-state index contributed by atoms with van der Waals surface area (Å²) >= 11 is 0. The van der Waals surface area contributed by atoms with Crippen LogP contribution in [0.5, 0.6) is 17.2 Å². The second kappa shape index (κ2) is 9.36. The SMILES string of the molecule is COc1cc(Nc2nccc(C(=O)NCc3ccccn3)n2)cc(OC)c1OC. The van der Waals surface area contributed by atoms with Gasteiger partial charge in [0, 0.05) is 30.2 Å². The summed E-state index contributed by atoms with van der Waals surface area (Å²) in [7, 11) is 4.60. The number of nitrogens with zero attached hydrogens (tertiary/aromatic N) is 3. The Morgan fingerprint density at radius 2 is 1.72 bits per heavy atom. The number of methoxy groups -OCH3 is 3. The summed E-state index contributed by atoms with van der Waals surface area (Å²) in [4.78, 5) is 25.0. The number of benzene rings is 1. The number of amides is 1. The third-order valence-corrected chi connectivity index (χ3v) is 3.97. The van der Waals surface area contributed by atoms with Crippen LogP contribution in [0.25, 0.3) is 0 Å². The van der Waals surface area contributed by atoms with E-state index in [4.69, 9.17) is 14.2 Å². The number of rotatable bonds is 8. The van der Waals surface area contributed by atoms with Crippen LogP contribution >= 0.6 is 0 Å². The number of nitrogens with one attached hydrogen (secondary N) is 2. The van der Waals surface area contributed by atoms with Crippen molar-refractivity contribution in [3.8, 4) is 17.2 Å². The number of hydrogen-bond acceptors (Lipinski definition) is 8. The van der Waals surface area contributed by atoms with Crippen molar-refractivity contribution < 1.29 is 19.0 Å². The van der Waals surface area contributed by atoms with E-state index in [1.165, 1.54) is 33.6 Å². The van der Waals surface area contributed by atoms with Crippen molar-refractivity contribution in [3.63, 3.8) is 0 Å². The number of ether oxygens (including phenoxy) is 3. The van der Waals surface area contributed by atoms with Gasteiger partial charge in [-0.2, -0.15) is 0 Å². The summed E-state index contributed by atoms with van der Waals surface area (Å²) in [5, 5.41) is 5.83. The van der Waals surface area contributed by atoms with Crippen LogP contribution in [-0.4, -0.2) is 42.2 Å². The minimum absolute atomic E-state index is 0.228. The van der Waals surface area contributed by atoms with Crippen LogP contribution in [0, 0.1) is 0 Å². The van der Waals surface area contributed by atoms with Gasteiger partial charge in [0.2, 0.25) is 11.7 Å². The number of hydrogen-bond donors (Lipinski definition) is 2. The van der Waals surface area contributed by atoms with Crippen LogP contribution in [0.2, 0.25) is 0 Å². The number of pyridine rings is 1. The molecule has 0 radical (unpaired) electrons. The Bertz CT molecular complexity index is 957. The lowest BCUT2D eigenvalue weighted by Crippen LogP contribution is -2.24. The fraction of sp³-hybridized carbons (Fsp3) is 0.200. The van der Waals surface area contributed by atoms with Gasteiger partial charge in [-0.3, -0.25) is 9.78 Å². The molecule has 0 aliphatic carbocycles. The zero-order valence-corrected chi connectivity index (χ0v) is 16.3. The Kier molecular flexibility index (Phi) is 6.41. The van der Waals surface area contributed by atoms with Crippen LogP contribution in [0.3, 0.4) is 0 Å². The largest absolute Gasteiger partial charge is 0.493 e. The van der Waals surface area contributed by atoms with Crippen LogP contribution in [0.15, 0.2) is 48.8 Å². The van der Waals surface area contributed by atoms with Gasteiger partial charge in [-0.05, 0) is 18.2 Å². The molecule has 150 valence electrons. The maximum Gasteiger partial charge on any atom is 0.270 e. The number of carbonyl (C=O) groups is 1. The van der Waals surface area contributed by atoms with Gasteiger partial charge in [0.05, 0.1) is 33.6 Å². The molecule has 9 heteroatoms. The normalized spacial score (nSPS) is 10.2. The highest BCUT2D eigenvalue weighted by molar-refractivity contribution is 5.92. The van der Waals surface area contributed by atoms with Gasteiger partial charge in [0.25, 0.3) is 5.91 Å². The average molecular weight is 395 g/mol. The van der Waals surface area contributed by atoms with Crippen LogP contribution in [0.1, 0.15) is 16.2 Å². The zero-order chi connectivity index (χ0) is 20.6. The maximum atomic E-state index is 12.4. The van der Waals surface area contributed by atoms with Crippen molar-refractivity contribution in [1.82, 2.24) is 20.3 Å². The molecule has 2 N–H and O–H groups in total. The van der Waals surface area contributed by atoms with Crippen molar-refractivity contribution >= 4 is 17.5 Å². The summed E-state index contributed by atoms with van der Waals surface area (Å²) in [6, 6.07) is 10.5. The highest BCUT2D eigenvalue weighted by Gasteiger charge is 2.14. The fourth-order valence-electron chi connectivity index (χ4n) is 2.59. The molecule has 0 saturated heterocycles. The summed E-state index contributed by atoms with van der Waals surface area (Å²) in [5.41, 5.74) is 1.60. The Labute approximate surface area is 168 Å². The first kappa shape index (κ1) is 19.9. The van der Waals surface area contributed by atoms with Gasteiger partial charge in [-0.15, -0.1) is 0 Å². The summed E-state index contributed by atoms with van der Waals surface area (Å²) in [6.45, 7) is 0.305. The number of carbonyl (C=O) groups excluding carboxylic acids is 1. The number of aromatic nitrogens is 3. The van der Waals surface area contributed by atoms with Gasteiger partial charge in [0.15, 0.2) is 11.5 Å². The zero-order valence-electron chi connectivity index (χ0n) is 16.3. The van der Waals surface area contributed by atoms with Gasteiger partial charge in [-0.25, -0.2) is 9.97 Å². The minimum atomic E-state index is -0.328. The molecule has 0 unspecified atom stereocenters. The third-order valence-electron chi connectivity index (χ3n) is 3.97. The molecular weight excluding hydrogens is 374 g/mol. The van der Waals surface area contributed by atoms with E-state index in [2.05, 4.69) is 25.6 Å². The maximum absolute atomic E-state index is 12.4. The molecule has 0 fully saturated rings. The fourth-order valence-corrected chi connectivity index (χ4v) is 2.59. The average Bonchev–Trinajstić information content (AvgIpc) is 2.77. The molecule has 3 rings (SSSR count). The van der Waals surface area contributed by atoms with Crippen molar-refractivity contribution in [2.24, 2.45) is 0 Å². The van der Waals surface area contributed by atoms with Crippen molar-refractivity contribution in [2.45, 2.75) is 6.54 Å². The molecule has 0 bridgehead atoms. The summed E-state index contributed by atoms with van der Waals surface area (Å²) in [6.07, 6.45) is 3.18. The first-order chi connectivity index (χ1) is 14.1. The van der Waals surface area contributed by atoms with E-state index in [0.29, 0.717) is 29.5 Å². The predicted octanol–water partition coefficient (Wildman–Crippen LogP) is 2.57. The van der Waals surface area contributed by atoms with E-state index in [9.17, 15) is 4.79 Å². The molecule has 0 saturated carbocycles. The lowest BCUT2D eigenvalue weighted by Gasteiger charge is -2.14. The summed E-state index contributed by atoms with van der Waals surface area (Å²) in [5.74, 6) is 1.37. The van der Waals surface area contributed by atoms with E-state index >= 15 is 0 Å². The van der Waals surface area contributed by atoms with Crippen molar-refractivity contribution in [2.75, 3.05) is 26.6 Å². The van der Waals surface area contributed by atoms with Crippen LogP contribution in [-0.2, 0) is 6.54 Å². The molecule has 0 spiro atoms. The van der Waals surface area contributed by atoms with Crippen molar-refractivity contribution in [3.05, 3.63) is 60.2 Å². The minimum Gasteiger partial charge on any atom is -0.493 e. The molecular formula is C20H21N5O4. The standard InChI is InChI=1S/C20H21N5O4/c1-27-16-10-14(11-17(28-2)18(16)29-3)24-20-22-9-7-15(25-20)19(26)23-12-13-6-4-5-8-21-13/h4-11H,12H2,1-3H3,(H,23,26)(H,22,24,25). The molecule has 2 aromatic heterocycles. The molecule has 0 atom stereocenters. The highest BCUT2D eigenvalue weighted by atomic mass is 16.5. The van der Waals surface area contributed by atoms with Crippen molar-refractivity contribution in [1.29, 1.82) is 0 Å². The lowest BCUT2D eigenvalue weighted by atomic mass is 10.2. The Hall–Kier alpha value is -3.88. The Balaban J connectivity index is 1.75. The Morgan fingerprint density at radius 1 is 0.966 bits per heavy atom. The molecule has 0 aliphatic rings. The second-order valence-corrected chi connectivity index (χ2v) is 5.81. The smallest absolute Gasteiger partial charge is 0.270 e. The molecule has 1 amide bonds. The first-order valence-corrected chi connectivity index (χ1v) is 8.72. The quantitative estimate of drug-likeness (QED) is 0.599. The van der Waals surface area contributed by atoms with E-state index < -0.39 is 0 Å². The molecule has 29 heavy (non-hydrogen) atoms. The molecule has 1 aromatic carbocycles. The second-order valence-electron chi connectivity index (χ2n) is 5.81. The van der Waals surface area contributed by atoms with E-state index in [-0.39, 0.29) is 17.5 Å². The molecule has 2 heterocycles. The Morgan fingerprint density at radius 3 is 2.34 bits per heavy atom. The van der Waals surface area contributed by atoms with Gasteiger partial charge in [0.1, 0.15) is 5.69 Å². The van der Waals surface area contributed by atoms with Gasteiger partial charge in [-0.1, -0.05) is 6.07 Å². The van der Waals surface area contributed by atoms with Gasteiger partial charge >= 0.3 is 0 Å². The molecule has 9 nitrogen and oxygen atoms in total. The van der Waals surface area contributed by atoms with Crippen LogP contribution in [0.4, 0.5) is 11.6 Å². The number of anilines is 2. The van der Waals surface area contributed by atoms with E-state index in [1.54, 1.807) is 18.3 Å². The molecule has 0 aliphatic heterocycles. The van der Waals surface area contributed by atoms with E-state index in [1.807, 2.05) is 18.2 Å². The van der Waals surface area contributed by atoms with Gasteiger partial charge < -0.3 is 24.8 Å². The monoisotopic (exact) mass is 395 g/mol. The summed E-state index contributed by atoms with van der Waals surface area (Å²) < 4.78 is 16.0. The topological polar surface area (TPSA) is 107 Å².